The lowest BCUT2D eigenvalue weighted by atomic mass is 10.2. The molecule has 1 aliphatic heterocycles. The molecule has 160 valence electrons. The molecular formula is C22H24N6O3. The number of aromatic nitrogens is 4. The molecule has 0 saturated heterocycles. The van der Waals surface area contributed by atoms with E-state index >= 15 is 0 Å². The predicted molar refractivity (Wildman–Crippen MR) is 115 cm³/mol. The first-order valence-electron chi connectivity index (χ1n) is 10.3. The molecule has 0 saturated carbocycles. The van der Waals surface area contributed by atoms with Crippen molar-refractivity contribution in [2.24, 2.45) is 0 Å². The maximum Gasteiger partial charge on any atom is 0.346 e. The van der Waals surface area contributed by atoms with Crippen LogP contribution in [-0.2, 0) is 30.8 Å². The SMILES string of the molecule is O=C(Cn1nc2n(c1=O)CCCCC2)Nc1cccc(C(=O)NCc2ccccn2)c1. The van der Waals surface area contributed by atoms with E-state index in [9.17, 15) is 14.4 Å². The Hall–Kier alpha value is -3.75. The molecule has 31 heavy (non-hydrogen) atoms. The zero-order valence-corrected chi connectivity index (χ0v) is 17.1. The highest BCUT2D eigenvalue weighted by molar-refractivity contribution is 5.97. The largest absolute Gasteiger partial charge is 0.346 e. The van der Waals surface area contributed by atoms with Crippen molar-refractivity contribution < 1.29 is 9.59 Å². The van der Waals surface area contributed by atoms with E-state index in [1.54, 1.807) is 35.0 Å². The monoisotopic (exact) mass is 420 g/mol. The number of hydrogen-bond acceptors (Lipinski definition) is 5. The van der Waals surface area contributed by atoms with Gasteiger partial charge in [-0.15, -0.1) is 0 Å². The molecule has 3 aromatic rings. The second-order valence-corrected chi connectivity index (χ2v) is 7.45. The minimum Gasteiger partial charge on any atom is -0.346 e. The average Bonchev–Trinajstić information content (AvgIpc) is 2.94. The molecule has 1 aromatic carbocycles. The number of anilines is 1. The summed E-state index contributed by atoms with van der Waals surface area (Å²) in [5.74, 6) is 0.0964. The fourth-order valence-corrected chi connectivity index (χ4v) is 3.58. The smallest absolute Gasteiger partial charge is 0.346 e. The minimum absolute atomic E-state index is 0.172. The Morgan fingerprint density at radius 2 is 1.97 bits per heavy atom. The summed E-state index contributed by atoms with van der Waals surface area (Å²) in [7, 11) is 0. The van der Waals surface area contributed by atoms with E-state index in [1.807, 2.05) is 18.2 Å². The summed E-state index contributed by atoms with van der Waals surface area (Å²) < 4.78 is 2.87. The third-order valence-corrected chi connectivity index (χ3v) is 5.14. The van der Waals surface area contributed by atoms with Gasteiger partial charge in [-0.1, -0.05) is 18.6 Å². The molecule has 0 atom stereocenters. The zero-order valence-electron chi connectivity index (χ0n) is 17.1. The molecule has 3 heterocycles. The molecule has 0 radical (unpaired) electrons. The van der Waals surface area contributed by atoms with Crippen molar-refractivity contribution in [1.29, 1.82) is 0 Å². The fourth-order valence-electron chi connectivity index (χ4n) is 3.58. The first-order valence-corrected chi connectivity index (χ1v) is 10.3. The average molecular weight is 420 g/mol. The van der Waals surface area contributed by atoms with Gasteiger partial charge in [0.2, 0.25) is 5.91 Å². The van der Waals surface area contributed by atoms with E-state index in [-0.39, 0.29) is 24.0 Å². The van der Waals surface area contributed by atoms with Crippen LogP contribution in [0.4, 0.5) is 5.69 Å². The van der Waals surface area contributed by atoms with E-state index in [1.165, 1.54) is 4.68 Å². The molecule has 4 rings (SSSR count). The number of carbonyl (C=O) groups is 2. The molecule has 2 aromatic heterocycles. The number of carbonyl (C=O) groups excluding carboxylic acids is 2. The van der Waals surface area contributed by atoms with Crippen LogP contribution in [0.3, 0.4) is 0 Å². The quantitative estimate of drug-likeness (QED) is 0.631. The number of aryl methyl sites for hydroxylation is 1. The molecule has 2 amide bonds. The molecule has 0 unspecified atom stereocenters. The van der Waals surface area contributed by atoms with Crippen LogP contribution in [0.5, 0.6) is 0 Å². The summed E-state index contributed by atoms with van der Waals surface area (Å²) in [6.07, 6.45) is 5.44. The molecule has 0 bridgehead atoms. The highest BCUT2D eigenvalue weighted by Gasteiger charge is 2.17. The minimum atomic E-state index is -0.374. The summed E-state index contributed by atoms with van der Waals surface area (Å²) in [4.78, 5) is 41.6. The zero-order chi connectivity index (χ0) is 21.6. The van der Waals surface area contributed by atoms with Gasteiger partial charge in [0.05, 0.1) is 12.2 Å². The van der Waals surface area contributed by atoms with Gasteiger partial charge in [-0.3, -0.25) is 19.1 Å². The van der Waals surface area contributed by atoms with Gasteiger partial charge < -0.3 is 10.6 Å². The van der Waals surface area contributed by atoms with Gasteiger partial charge in [-0.05, 0) is 43.2 Å². The highest BCUT2D eigenvalue weighted by Crippen LogP contribution is 2.12. The number of nitrogens with zero attached hydrogens (tertiary/aromatic N) is 4. The van der Waals surface area contributed by atoms with Crippen LogP contribution in [0.25, 0.3) is 0 Å². The van der Waals surface area contributed by atoms with Gasteiger partial charge in [0.25, 0.3) is 5.91 Å². The summed E-state index contributed by atoms with van der Waals surface area (Å²) in [5.41, 5.74) is 1.39. The Morgan fingerprint density at radius 1 is 1.06 bits per heavy atom. The number of hydrogen-bond donors (Lipinski definition) is 2. The Bertz CT molecular complexity index is 1140. The first kappa shape index (κ1) is 20.5. The Kier molecular flexibility index (Phi) is 6.21. The summed E-state index contributed by atoms with van der Waals surface area (Å²) >= 11 is 0. The van der Waals surface area contributed by atoms with Crippen LogP contribution in [0.15, 0.2) is 53.5 Å². The van der Waals surface area contributed by atoms with Crippen molar-refractivity contribution in [1.82, 2.24) is 24.6 Å². The van der Waals surface area contributed by atoms with Crippen molar-refractivity contribution in [3.8, 4) is 0 Å². The van der Waals surface area contributed by atoms with E-state index < -0.39 is 0 Å². The number of fused-ring (bicyclic) bond motifs is 1. The van der Waals surface area contributed by atoms with E-state index in [0.717, 1.165) is 37.2 Å². The van der Waals surface area contributed by atoms with Crippen molar-refractivity contribution in [2.75, 3.05) is 5.32 Å². The molecule has 0 fully saturated rings. The number of benzene rings is 1. The Labute approximate surface area is 179 Å². The first-order chi connectivity index (χ1) is 15.1. The van der Waals surface area contributed by atoms with Gasteiger partial charge in [0, 0.05) is 30.4 Å². The van der Waals surface area contributed by atoms with Gasteiger partial charge in [-0.25, -0.2) is 9.48 Å². The van der Waals surface area contributed by atoms with Gasteiger partial charge in [0.1, 0.15) is 12.4 Å². The summed E-state index contributed by atoms with van der Waals surface area (Å²) in [6.45, 7) is 0.782. The molecule has 1 aliphatic rings. The van der Waals surface area contributed by atoms with E-state index in [2.05, 4.69) is 20.7 Å². The second-order valence-electron chi connectivity index (χ2n) is 7.45. The maximum absolute atomic E-state index is 12.5. The number of nitrogens with one attached hydrogen (secondary N) is 2. The normalized spacial score (nSPS) is 13.2. The number of amides is 2. The van der Waals surface area contributed by atoms with Crippen molar-refractivity contribution >= 4 is 17.5 Å². The summed E-state index contributed by atoms with van der Waals surface area (Å²) in [6, 6.07) is 12.1. The van der Waals surface area contributed by atoms with Crippen molar-refractivity contribution in [2.45, 2.75) is 45.3 Å². The lowest BCUT2D eigenvalue weighted by Gasteiger charge is -2.08. The molecule has 9 nitrogen and oxygen atoms in total. The topological polar surface area (TPSA) is 111 Å². The third kappa shape index (κ3) is 5.06. The molecule has 0 spiro atoms. The molecule has 9 heteroatoms. The third-order valence-electron chi connectivity index (χ3n) is 5.14. The van der Waals surface area contributed by atoms with Crippen LogP contribution in [0, 0.1) is 0 Å². The van der Waals surface area contributed by atoms with Crippen LogP contribution >= 0.6 is 0 Å². The highest BCUT2D eigenvalue weighted by atomic mass is 16.2. The second kappa shape index (κ2) is 9.38. The Morgan fingerprint density at radius 3 is 2.81 bits per heavy atom. The Balaban J connectivity index is 1.38. The molecule has 0 aliphatic carbocycles. The van der Waals surface area contributed by atoms with Crippen molar-refractivity contribution in [3.63, 3.8) is 0 Å². The molecular weight excluding hydrogens is 396 g/mol. The number of rotatable bonds is 6. The van der Waals surface area contributed by atoms with Gasteiger partial charge >= 0.3 is 5.69 Å². The van der Waals surface area contributed by atoms with Crippen LogP contribution in [0.2, 0.25) is 0 Å². The maximum atomic E-state index is 12.5. The number of pyridine rings is 1. The van der Waals surface area contributed by atoms with E-state index in [0.29, 0.717) is 24.3 Å². The predicted octanol–water partition coefficient (Wildman–Crippen LogP) is 1.73. The lowest BCUT2D eigenvalue weighted by molar-refractivity contribution is -0.117. The van der Waals surface area contributed by atoms with Crippen LogP contribution in [-0.4, -0.2) is 31.1 Å². The van der Waals surface area contributed by atoms with E-state index in [4.69, 9.17) is 0 Å². The summed E-state index contributed by atoms with van der Waals surface area (Å²) in [5, 5.41) is 9.87. The van der Waals surface area contributed by atoms with Crippen molar-refractivity contribution in [3.05, 3.63) is 76.2 Å². The van der Waals surface area contributed by atoms with Gasteiger partial charge in [-0.2, -0.15) is 5.10 Å². The lowest BCUT2D eigenvalue weighted by Crippen LogP contribution is -2.30. The van der Waals surface area contributed by atoms with Crippen LogP contribution < -0.4 is 16.3 Å². The standard InChI is InChI=1S/C22H24N6O3/c29-20(15-28-22(31)27-12-5-1-2-10-19(27)26-28)25-17-9-6-7-16(13-17)21(30)24-14-18-8-3-4-11-23-18/h3-4,6-9,11,13H,1-2,5,10,12,14-15H2,(H,24,30)(H,25,29). The van der Waals surface area contributed by atoms with Crippen LogP contribution in [0.1, 0.15) is 41.1 Å². The fraction of sp³-hybridized carbons (Fsp3) is 0.318. The van der Waals surface area contributed by atoms with Gasteiger partial charge in [0.15, 0.2) is 0 Å². The molecule has 2 N–H and O–H groups in total.